The van der Waals surface area contributed by atoms with Crippen LogP contribution in [0.1, 0.15) is 38.3 Å². The van der Waals surface area contributed by atoms with Crippen molar-refractivity contribution in [2.75, 3.05) is 13.7 Å². The van der Waals surface area contributed by atoms with Gasteiger partial charge in [0.25, 0.3) is 5.89 Å². The molecule has 2 heterocycles. The van der Waals surface area contributed by atoms with Gasteiger partial charge in [0.15, 0.2) is 11.6 Å². The summed E-state index contributed by atoms with van der Waals surface area (Å²) in [5.74, 6) is -0.231. The Morgan fingerprint density at radius 3 is 2.55 bits per heavy atom. The van der Waals surface area contributed by atoms with Crippen LogP contribution in [0.3, 0.4) is 0 Å². The van der Waals surface area contributed by atoms with Crippen molar-refractivity contribution >= 4 is 11.6 Å². The fourth-order valence-electron chi connectivity index (χ4n) is 3.80. The van der Waals surface area contributed by atoms with Crippen LogP contribution in [0.5, 0.6) is 5.75 Å². The highest BCUT2D eigenvalue weighted by atomic mass is 19.1. The van der Waals surface area contributed by atoms with Gasteiger partial charge in [0, 0.05) is 17.8 Å². The van der Waals surface area contributed by atoms with E-state index in [2.05, 4.69) is 15.5 Å². The number of nitrogens with one attached hydrogen (secondary N) is 1. The third-order valence-electron chi connectivity index (χ3n) is 5.41. The van der Waals surface area contributed by atoms with Crippen LogP contribution >= 0.6 is 0 Å². The number of urea groups is 1. The summed E-state index contributed by atoms with van der Waals surface area (Å²) in [6.07, 6.45) is 0. The van der Waals surface area contributed by atoms with E-state index in [9.17, 15) is 13.6 Å². The van der Waals surface area contributed by atoms with Crippen molar-refractivity contribution in [3.63, 3.8) is 0 Å². The lowest BCUT2D eigenvalue weighted by molar-refractivity contribution is 0.199. The van der Waals surface area contributed by atoms with Crippen LogP contribution in [0.15, 0.2) is 52.7 Å². The van der Waals surface area contributed by atoms with Gasteiger partial charge in [0.2, 0.25) is 5.82 Å². The number of halogens is 2. The Morgan fingerprint density at radius 2 is 1.91 bits per heavy atom. The summed E-state index contributed by atoms with van der Waals surface area (Å²) in [7, 11) is 1.38. The third-order valence-corrected chi connectivity index (χ3v) is 5.41. The van der Waals surface area contributed by atoms with Crippen LogP contribution in [-0.4, -0.2) is 34.7 Å². The van der Waals surface area contributed by atoms with Crippen molar-refractivity contribution < 1.29 is 22.8 Å². The number of rotatable bonds is 6. The monoisotopic (exact) mass is 454 g/mol. The lowest BCUT2D eigenvalue weighted by Gasteiger charge is -2.36. The fourth-order valence-corrected chi connectivity index (χ4v) is 3.80. The summed E-state index contributed by atoms with van der Waals surface area (Å²) in [6, 6.07) is 9.34. The first-order valence-electron chi connectivity index (χ1n) is 10.5. The molecule has 4 rings (SSSR count). The molecule has 0 aliphatic carbocycles. The summed E-state index contributed by atoms with van der Waals surface area (Å²) in [5.41, 5.74) is 2.32. The zero-order chi connectivity index (χ0) is 23.7. The van der Waals surface area contributed by atoms with Crippen LogP contribution < -0.4 is 10.1 Å². The van der Waals surface area contributed by atoms with E-state index < -0.39 is 11.9 Å². The Morgan fingerprint density at radius 1 is 1.18 bits per heavy atom. The maximum Gasteiger partial charge on any atom is 0.322 e. The summed E-state index contributed by atoms with van der Waals surface area (Å²) < 4.78 is 38.2. The molecule has 7 nitrogen and oxygen atoms in total. The van der Waals surface area contributed by atoms with Gasteiger partial charge < -0.3 is 14.6 Å². The second-order valence-corrected chi connectivity index (χ2v) is 8.21. The van der Waals surface area contributed by atoms with E-state index in [0.717, 1.165) is 0 Å². The van der Waals surface area contributed by atoms with Gasteiger partial charge in [-0.1, -0.05) is 31.1 Å². The maximum atomic E-state index is 14.2. The Kier molecular flexibility index (Phi) is 6.13. The molecule has 0 saturated carbocycles. The standard InChI is InChI=1S/C24H24F2N4O3/c1-13(2)12-30-14(3)20(21(27-24(30)31)15-5-8-17(25)9-6-15)23-28-22(29-33-23)16-7-10-19(32-4)18(26)11-16/h5-11,13,21H,12H2,1-4H3,(H,27,31). The number of carbonyl (C=O) groups excluding carboxylic acids is 1. The Bertz CT molecular complexity index is 1200. The molecule has 1 atom stereocenters. The predicted molar refractivity (Wildman–Crippen MR) is 118 cm³/mol. The zero-order valence-electron chi connectivity index (χ0n) is 18.7. The van der Waals surface area contributed by atoms with Crippen LogP contribution in [-0.2, 0) is 0 Å². The minimum atomic E-state index is -0.623. The molecule has 172 valence electrons. The number of aromatic nitrogens is 2. The van der Waals surface area contributed by atoms with Crippen molar-refractivity contribution in [1.82, 2.24) is 20.4 Å². The van der Waals surface area contributed by atoms with E-state index in [-0.39, 0.29) is 35.2 Å². The number of nitrogens with zero attached hydrogens (tertiary/aromatic N) is 3. The zero-order valence-corrected chi connectivity index (χ0v) is 18.7. The van der Waals surface area contributed by atoms with E-state index >= 15 is 0 Å². The average molecular weight is 454 g/mol. The average Bonchev–Trinajstić information content (AvgIpc) is 3.26. The summed E-state index contributed by atoms with van der Waals surface area (Å²) in [6.45, 7) is 6.32. The number of hydrogen-bond donors (Lipinski definition) is 1. The molecule has 0 bridgehead atoms. The molecular formula is C24H24F2N4O3. The first kappa shape index (κ1) is 22.4. The van der Waals surface area contributed by atoms with Gasteiger partial charge in [-0.25, -0.2) is 13.6 Å². The second kappa shape index (κ2) is 9.01. The van der Waals surface area contributed by atoms with Crippen LogP contribution in [0.2, 0.25) is 0 Å². The van der Waals surface area contributed by atoms with Gasteiger partial charge >= 0.3 is 6.03 Å². The molecular weight excluding hydrogens is 430 g/mol. The molecule has 0 saturated heterocycles. The van der Waals surface area contributed by atoms with Crippen molar-refractivity contribution in [2.24, 2.45) is 5.92 Å². The van der Waals surface area contributed by atoms with Crippen LogP contribution in [0, 0.1) is 17.6 Å². The third kappa shape index (κ3) is 4.44. The van der Waals surface area contributed by atoms with Crippen LogP contribution in [0.4, 0.5) is 13.6 Å². The molecule has 1 aliphatic heterocycles. The molecule has 9 heteroatoms. The quantitative estimate of drug-likeness (QED) is 0.555. The lowest BCUT2D eigenvalue weighted by Crippen LogP contribution is -2.47. The second-order valence-electron chi connectivity index (χ2n) is 8.21. The summed E-state index contributed by atoms with van der Waals surface area (Å²) >= 11 is 0. The van der Waals surface area contributed by atoms with E-state index in [1.807, 2.05) is 20.8 Å². The topological polar surface area (TPSA) is 80.5 Å². The molecule has 2 aromatic carbocycles. The maximum absolute atomic E-state index is 14.2. The first-order chi connectivity index (χ1) is 15.8. The Labute approximate surface area is 190 Å². The molecule has 0 radical (unpaired) electrons. The highest BCUT2D eigenvalue weighted by Gasteiger charge is 2.36. The van der Waals surface area contributed by atoms with Crippen molar-refractivity contribution in [1.29, 1.82) is 0 Å². The molecule has 3 aromatic rings. The van der Waals surface area contributed by atoms with Gasteiger partial charge in [-0.2, -0.15) is 4.98 Å². The van der Waals surface area contributed by atoms with Gasteiger partial charge in [0.05, 0.1) is 18.7 Å². The smallest absolute Gasteiger partial charge is 0.322 e. The van der Waals surface area contributed by atoms with Gasteiger partial charge in [-0.05, 0) is 48.7 Å². The molecule has 33 heavy (non-hydrogen) atoms. The minimum Gasteiger partial charge on any atom is -0.494 e. The van der Waals surface area contributed by atoms with E-state index in [1.165, 1.54) is 31.4 Å². The molecule has 1 unspecified atom stereocenters. The minimum absolute atomic E-state index is 0.108. The Hall–Kier alpha value is -3.75. The van der Waals surface area contributed by atoms with Crippen molar-refractivity contribution in [3.05, 3.63) is 71.3 Å². The highest BCUT2D eigenvalue weighted by molar-refractivity contribution is 5.86. The van der Waals surface area contributed by atoms with Gasteiger partial charge in [-0.15, -0.1) is 0 Å². The van der Waals surface area contributed by atoms with E-state index in [1.54, 1.807) is 23.1 Å². The number of carbonyl (C=O) groups is 1. The number of benzene rings is 2. The van der Waals surface area contributed by atoms with Crippen LogP contribution in [0.25, 0.3) is 17.0 Å². The largest absolute Gasteiger partial charge is 0.494 e. The molecule has 0 fully saturated rings. The number of methoxy groups -OCH3 is 1. The number of allylic oxidation sites excluding steroid dienone is 1. The molecule has 2 amide bonds. The number of ether oxygens (including phenoxy) is 1. The summed E-state index contributed by atoms with van der Waals surface area (Å²) in [4.78, 5) is 19.0. The normalized spacial score (nSPS) is 16.4. The molecule has 1 aromatic heterocycles. The van der Waals surface area contributed by atoms with E-state index in [0.29, 0.717) is 28.9 Å². The Balaban J connectivity index is 1.80. The molecule has 1 aliphatic rings. The fraction of sp³-hybridized carbons (Fsp3) is 0.292. The van der Waals surface area contributed by atoms with Gasteiger partial charge in [0.1, 0.15) is 5.82 Å². The highest BCUT2D eigenvalue weighted by Crippen LogP contribution is 2.37. The summed E-state index contributed by atoms with van der Waals surface area (Å²) in [5, 5.41) is 6.98. The SMILES string of the molecule is COc1ccc(-c2noc(C3=C(C)N(CC(C)C)C(=O)NC3c3ccc(F)cc3)n2)cc1F. The van der Waals surface area contributed by atoms with Crippen molar-refractivity contribution in [2.45, 2.75) is 26.8 Å². The van der Waals surface area contributed by atoms with E-state index in [4.69, 9.17) is 9.26 Å². The van der Waals surface area contributed by atoms with Gasteiger partial charge in [-0.3, -0.25) is 4.90 Å². The number of hydrogen-bond acceptors (Lipinski definition) is 5. The number of amides is 2. The molecule has 1 N–H and O–H groups in total. The first-order valence-corrected chi connectivity index (χ1v) is 10.5. The lowest BCUT2D eigenvalue weighted by atomic mass is 9.94. The predicted octanol–water partition coefficient (Wildman–Crippen LogP) is 5.18. The van der Waals surface area contributed by atoms with Crippen molar-refractivity contribution in [3.8, 4) is 17.1 Å². The molecule has 0 spiro atoms.